The zero-order valence-corrected chi connectivity index (χ0v) is 15.5. The first-order valence-corrected chi connectivity index (χ1v) is 8.85. The molecule has 0 aliphatic carbocycles. The maximum absolute atomic E-state index is 13.3. The van der Waals surface area contributed by atoms with Crippen LogP contribution in [0.15, 0.2) is 54.6 Å². The van der Waals surface area contributed by atoms with Gasteiger partial charge in [-0.05, 0) is 25.5 Å². The van der Waals surface area contributed by atoms with E-state index in [2.05, 4.69) is 10.1 Å². The lowest BCUT2D eigenvalue weighted by atomic mass is 10.0. The summed E-state index contributed by atoms with van der Waals surface area (Å²) in [6, 6.07) is 17.2. The topological polar surface area (TPSA) is 93.8 Å². The van der Waals surface area contributed by atoms with Gasteiger partial charge in [0.25, 0.3) is 0 Å². The Morgan fingerprint density at radius 3 is 2.46 bits per heavy atom. The van der Waals surface area contributed by atoms with E-state index in [1.807, 2.05) is 54.6 Å². The maximum Gasteiger partial charge on any atom is 0.312 e. The minimum absolute atomic E-state index is 0.0463. The molecular formula is C21H18N4O3. The van der Waals surface area contributed by atoms with E-state index in [0.717, 1.165) is 22.2 Å². The minimum Gasteiger partial charge on any atom is -0.354 e. The van der Waals surface area contributed by atoms with Gasteiger partial charge in [-0.1, -0.05) is 48.5 Å². The van der Waals surface area contributed by atoms with Crippen LogP contribution in [0.2, 0.25) is 0 Å². The number of nitrogens with one attached hydrogen (secondary N) is 1. The fourth-order valence-electron chi connectivity index (χ4n) is 3.57. The summed E-state index contributed by atoms with van der Waals surface area (Å²) in [5, 5.41) is 16.3. The van der Waals surface area contributed by atoms with Crippen LogP contribution >= 0.6 is 0 Å². The Morgan fingerprint density at radius 1 is 1.11 bits per heavy atom. The summed E-state index contributed by atoms with van der Waals surface area (Å²) in [6.45, 7) is 3.12. The smallest absolute Gasteiger partial charge is 0.312 e. The van der Waals surface area contributed by atoms with Crippen molar-refractivity contribution in [2.75, 3.05) is 0 Å². The fraction of sp³-hybridized carbons (Fsp3) is 0.143. The SMILES string of the molecule is Cc1nn(CC(=O)c2c(-c3ccccc3)[nH]c3ccccc23)c(C)c1[N+](=O)[O-]. The van der Waals surface area contributed by atoms with Gasteiger partial charge in [0, 0.05) is 10.9 Å². The van der Waals surface area contributed by atoms with Gasteiger partial charge in [0.2, 0.25) is 0 Å². The summed E-state index contributed by atoms with van der Waals surface area (Å²) >= 11 is 0. The Labute approximate surface area is 160 Å². The number of fused-ring (bicyclic) bond motifs is 1. The van der Waals surface area contributed by atoms with E-state index < -0.39 is 4.92 Å². The third kappa shape index (κ3) is 2.87. The van der Waals surface area contributed by atoms with E-state index in [1.54, 1.807) is 13.8 Å². The molecule has 7 nitrogen and oxygen atoms in total. The second-order valence-corrected chi connectivity index (χ2v) is 6.64. The first-order valence-electron chi connectivity index (χ1n) is 8.85. The molecular weight excluding hydrogens is 356 g/mol. The van der Waals surface area contributed by atoms with Crippen molar-refractivity contribution in [3.63, 3.8) is 0 Å². The van der Waals surface area contributed by atoms with Crippen molar-refractivity contribution in [2.24, 2.45) is 0 Å². The molecule has 4 rings (SSSR count). The van der Waals surface area contributed by atoms with Gasteiger partial charge in [0.15, 0.2) is 5.78 Å². The molecule has 1 N–H and O–H groups in total. The summed E-state index contributed by atoms with van der Waals surface area (Å²) < 4.78 is 1.41. The molecule has 0 spiro atoms. The molecule has 0 amide bonds. The lowest BCUT2D eigenvalue weighted by molar-refractivity contribution is -0.386. The third-order valence-electron chi connectivity index (χ3n) is 4.87. The van der Waals surface area contributed by atoms with Gasteiger partial charge in [0.1, 0.15) is 17.9 Å². The minimum atomic E-state index is -0.459. The Kier molecular flexibility index (Phi) is 4.27. The predicted molar refractivity (Wildman–Crippen MR) is 106 cm³/mol. The standard InChI is InChI=1S/C21H18N4O3/c1-13-21(25(27)28)14(2)24(23-13)12-18(26)19-16-10-6-7-11-17(16)22-20(19)15-8-4-3-5-9-15/h3-11,22H,12H2,1-2H3. The summed E-state index contributed by atoms with van der Waals surface area (Å²) in [6.07, 6.45) is 0. The Balaban J connectivity index is 1.82. The van der Waals surface area contributed by atoms with Crippen LogP contribution in [-0.2, 0) is 6.54 Å². The number of ketones is 1. The number of aromatic nitrogens is 3. The largest absolute Gasteiger partial charge is 0.354 e. The highest BCUT2D eigenvalue weighted by molar-refractivity contribution is 6.13. The molecule has 7 heteroatoms. The molecule has 28 heavy (non-hydrogen) atoms. The molecule has 2 aromatic carbocycles. The van der Waals surface area contributed by atoms with E-state index in [1.165, 1.54) is 4.68 Å². The number of H-pyrrole nitrogens is 1. The number of hydrogen-bond acceptors (Lipinski definition) is 4. The number of para-hydroxylation sites is 1. The molecule has 2 aromatic heterocycles. The van der Waals surface area contributed by atoms with Crippen molar-refractivity contribution in [1.29, 1.82) is 0 Å². The van der Waals surface area contributed by atoms with Crippen LogP contribution in [-0.4, -0.2) is 25.5 Å². The number of rotatable bonds is 5. The zero-order valence-electron chi connectivity index (χ0n) is 15.5. The number of carbonyl (C=O) groups excluding carboxylic acids is 1. The van der Waals surface area contributed by atoms with Crippen LogP contribution in [0.1, 0.15) is 21.7 Å². The summed E-state index contributed by atoms with van der Waals surface area (Å²) in [4.78, 5) is 27.4. The fourth-order valence-corrected chi connectivity index (χ4v) is 3.57. The Morgan fingerprint density at radius 2 is 1.79 bits per heavy atom. The lowest BCUT2D eigenvalue weighted by Gasteiger charge is -2.06. The molecule has 0 bridgehead atoms. The van der Waals surface area contributed by atoms with Gasteiger partial charge in [-0.3, -0.25) is 19.6 Å². The third-order valence-corrected chi connectivity index (χ3v) is 4.87. The summed E-state index contributed by atoms with van der Waals surface area (Å²) in [5.74, 6) is -0.156. The highest BCUT2D eigenvalue weighted by Gasteiger charge is 2.25. The van der Waals surface area contributed by atoms with E-state index in [4.69, 9.17) is 0 Å². The monoisotopic (exact) mass is 374 g/mol. The van der Waals surface area contributed by atoms with Gasteiger partial charge in [-0.2, -0.15) is 5.10 Å². The molecule has 0 aliphatic rings. The van der Waals surface area contributed by atoms with Gasteiger partial charge in [0.05, 0.1) is 16.2 Å². The number of nitro groups is 1. The average Bonchev–Trinajstić information content (AvgIpc) is 3.20. The quantitative estimate of drug-likeness (QED) is 0.317. The van der Waals surface area contributed by atoms with Gasteiger partial charge in [-0.15, -0.1) is 0 Å². The van der Waals surface area contributed by atoms with Crippen LogP contribution in [0.25, 0.3) is 22.2 Å². The first-order chi connectivity index (χ1) is 13.5. The molecule has 0 saturated heterocycles. The van der Waals surface area contributed by atoms with Crippen molar-refractivity contribution in [3.05, 3.63) is 81.7 Å². The molecule has 0 unspecified atom stereocenters. The normalized spacial score (nSPS) is 11.1. The van der Waals surface area contributed by atoms with Crippen molar-refractivity contribution < 1.29 is 9.72 Å². The highest BCUT2D eigenvalue weighted by Crippen LogP contribution is 2.31. The second-order valence-electron chi connectivity index (χ2n) is 6.64. The van der Waals surface area contributed by atoms with E-state index in [0.29, 0.717) is 17.0 Å². The number of aryl methyl sites for hydroxylation is 1. The number of nitrogens with zero attached hydrogens (tertiary/aromatic N) is 3. The number of carbonyl (C=O) groups is 1. The lowest BCUT2D eigenvalue weighted by Crippen LogP contribution is -2.14. The molecule has 0 saturated carbocycles. The van der Waals surface area contributed by atoms with Crippen molar-refractivity contribution in [3.8, 4) is 11.3 Å². The van der Waals surface area contributed by atoms with Crippen LogP contribution in [0.3, 0.4) is 0 Å². The molecule has 0 atom stereocenters. The Hall–Kier alpha value is -3.74. The number of aromatic amines is 1. The predicted octanol–water partition coefficient (Wildman–Crippen LogP) is 4.44. The molecule has 0 radical (unpaired) electrons. The highest BCUT2D eigenvalue weighted by atomic mass is 16.6. The summed E-state index contributed by atoms with van der Waals surface area (Å²) in [7, 11) is 0. The Bertz CT molecular complexity index is 1210. The van der Waals surface area contributed by atoms with Crippen LogP contribution < -0.4 is 0 Å². The van der Waals surface area contributed by atoms with E-state index in [9.17, 15) is 14.9 Å². The number of Topliss-reactive ketones (excluding diaryl/α,β-unsaturated/α-hetero) is 1. The van der Waals surface area contributed by atoms with Crippen molar-refractivity contribution in [1.82, 2.24) is 14.8 Å². The molecule has 140 valence electrons. The van der Waals surface area contributed by atoms with Crippen LogP contribution in [0.5, 0.6) is 0 Å². The van der Waals surface area contributed by atoms with Gasteiger partial charge in [-0.25, -0.2) is 0 Å². The number of benzene rings is 2. The molecule has 0 fully saturated rings. The number of hydrogen-bond donors (Lipinski definition) is 1. The molecule has 2 heterocycles. The zero-order chi connectivity index (χ0) is 19.8. The van der Waals surface area contributed by atoms with Crippen molar-refractivity contribution >= 4 is 22.4 Å². The molecule has 0 aliphatic heterocycles. The van der Waals surface area contributed by atoms with E-state index >= 15 is 0 Å². The molecule has 4 aromatic rings. The van der Waals surface area contributed by atoms with Gasteiger partial charge >= 0.3 is 5.69 Å². The second kappa shape index (κ2) is 6.77. The van der Waals surface area contributed by atoms with E-state index in [-0.39, 0.29) is 18.0 Å². The maximum atomic E-state index is 13.3. The van der Waals surface area contributed by atoms with Crippen LogP contribution in [0, 0.1) is 24.0 Å². The average molecular weight is 374 g/mol. The first kappa shape index (κ1) is 17.7. The van der Waals surface area contributed by atoms with Crippen molar-refractivity contribution in [2.45, 2.75) is 20.4 Å². The van der Waals surface area contributed by atoms with Crippen LogP contribution in [0.4, 0.5) is 5.69 Å². The van der Waals surface area contributed by atoms with Gasteiger partial charge < -0.3 is 4.98 Å². The summed E-state index contributed by atoms with van der Waals surface area (Å²) in [5.41, 5.74) is 3.70.